The Labute approximate surface area is 145 Å². The Hall–Kier alpha value is -2.44. The number of amides is 2. The molecule has 0 saturated heterocycles. The molecule has 2 aromatic rings. The average molecular weight is 344 g/mol. The fourth-order valence-electron chi connectivity index (χ4n) is 1.97. The summed E-state index contributed by atoms with van der Waals surface area (Å²) in [5.74, 6) is -0.630. The molecular formula is C18H20N2O3S. The third-order valence-corrected chi connectivity index (χ3v) is 3.99. The fourth-order valence-corrected chi connectivity index (χ4v) is 2.63. The lowest BCUT2D eigenvalue weighted by Crippen LogP contribution is -2.35. The van der Waals surface area contributed by atoms with Gasteiger partial charge in [0.2, 0.25) is 0 Å². The van der Waals surface area contributed by atoms with Crippen molar-refractivity contribution in [1.29, 1.82) is 0 Å². The normalized spacial score (nSPS) is 11.1. The quantitative estimate of drug-likeness (QED) is 0.571. The van der Waals surface area contributed by atoms with E-state index in [2.05, 4.69) is 10.6 Å². The lowest BCUT2D eigenvalue weighted by Gasteiger charge is -2.11. The van der Waals surface area contributed by atoms with Gasteiger partial charge in [-0.15, -0.1) is 11.3 Å². The van der Waals surface area contributed by atoms with Gasteiger partial charge in [0, 0.05) is 30.7 Å². The smallest absolute Gasteiger partial charge is 0.267 e. The number of carbonyl (C=O) groups is 2. The zero-order valence-electron chi connectivity index (χ0n) is 13.5. The van der Waals surface area contributed by atoms with Crippen LogP contribution in [0, 0.1) is 0 Å². The maximum absolute atomic E-state index is 12.4. The first-order valence-electron chi connectivity index (χ1n) is 7.59. The summed E-state index contributed by atoms with van der Waals surface area (Å²) < 4.78 is 4.96. The van der Waals surface area contributed by atoms with Gasteiger partial charge in [-0.05, 0) is 36.1 Å². The third-order valence-electron chi connectivity index (χ3n) is 3.17. The van der Waals surface area contributed by atoms with E-state index in [4.69, 9.17) is 4.74 Å². The van der Waals surface area contributed by atoms with Crippen LogP contribution < -0.4 is 10.6 Å². The molecule has 2 amide bonds. The summed E-state index contributed by atoms with van der Waals surface area (Å²) >= 11 is 1.50. The summed E-state index contributed by atoms with van der Waals surface area (Å²) in [6.45, 7) is 1.05. The fraction of sp³-hybridized carbons (Fsp3) is 0.222. The summed E-state index contributed by atoms with van der Waals surface area (Å²) in [6.07, 6.45) is 2.39. The molecule has 0 aliphatic heterocycles. The third kappa shape index (κ3) is 5.64. The van der Waals surface area contributed by atoms with Gasteiger partial charge in [0.1, 0.15) is 5.70 Å². The molecule has 0 spiro atoms. The molecule has 0 aliphatic rings. The molecule has 0 aliphatic carbocycles. The van der Waals surface area contributed by atoms with Crippen LogP contribution in [0.25, 0.3) is 6.08 Å². The maximum Gasteiger partial charge on any atom is 0.267 e. The van der Waals surface area contributed by atoms with Crippen LogP contribution >= 0.6 is 11.3 Å². The molecule has 2 rings (SSSR count). The summed E-state index contributed by atoms with van der Waals surface area (Å²) in [4.78, 5) is 25.6. The van der Waals surface area contributed by atoms with Gasteiger partial charge in [-0.25, -0.2) is 0 Å². The number of nitrogens with one attached hydrogen (secondary N) is 2. The molecule has 6 heteroatoms. The van der Waals surface area contributed by atoms with Crippen LogP contribution in [0.4, 0.5) is 0 Å². The van der Waals surface area contributed by atoms with Crippen LogP contribution in [0.3, 0.4) is 0 Å². The Morgan fingerprint density at radius 3 is 2.62 bits per heavy atom. The van der Waals surface area contributed by atoms with Crippen molar-refractivity contribution in [3.63, 3.8) is 0 Å². The Bertz CT molecular complexity index is 682. The van der Waals surface area contributed by atoms with Crippen LogP contribution in [0.2, 0.25) is 0 Å². The summed E-state index contributed by atoms with van der Waals surface area (Å²) in [5, 5.41) is 7.40. The van der Waals surface area contributed by atoms with Gasteiger partial charge in [0.05, 0.1) is 0 Å². The highest BCUT2D eigenvalue weighted by molar-refractivity contribution is 7.10. The van der Waals surface area contributed by atoms with Crippen LogP contribution in [-0.4, -0.2) is 32.1 Å². The van der Waals surface area contributed by atoms with E-state index in [-0.39, 0.29) is 17.5 Å². The average Bonchev–Trinajstić information content (AvgIpc) is 3.12. The Morgan fingerprint density at radius 1 is 1.17 bits per heavy atom. The van der Waals surface area contributed by atoms with E-state index in [0.29, 0.717) is 25.1 Å². The molecule has 1 aromatic carbocycles. The number of benzene rings is 1. The van der Waals surface area contributed by atoms with Crippen molar-refractivity contribution < 1.29 is 14.3 Å². The van der Waals surface area contributed by atoms with Crippen LogP contribution in [0.1, 0.15) is 21.7 Å². The Morgan fingerprint density at radius 2 is 1.96 bits per heavy atom. The van der Waals surface area contributed by atoms with E-state index in [1.165, 1.54) is 11.3 Å². The van der Waals surface area contributed by atoms with Crippen LogP contribution in [0.15, 0.2) is 53.5 Å². The van der Waals surface area contributed by atoms with Gasteiger partial charge in [0.25, 0.3) is 11.8 Å². The van der Waals surface area contributed by atoms with E-state index >= 15 is 0 Å². The molecule has 2 N–H and O–H groups in total. The minimum Gasteiger partial charge on any atom is -0.385 e. The van der Waals surface area contributed by atoms with Gasteiger partial charge < -0.3 is 15.4 Å². The lowest BCUT2D eigenvalue weighted by atomic mass is 10.2. The molecule has 126 valence electrons. The van der Waals surface area contributed by atoms with Crippen LogP contribution in [-0.2, 0) is 9.53 Å². The molecule has 0 saturated carbocycles. The van der Waals surface area contributed by atoms with Crippen molar-refractivity contribution in [2.24, 2.45) is 0 Å². The van der Waals surface area contributed by atoms with Crippen molar-refractivity contribution in [1.82, 2.24) is 10.6 Å². The van der Waals surface area contributed by atoms with E-state index in [0.717, 1.165) is 4.88 Å². The number of methoxy groups -OCH3 is 1. The number of hydrogen-bond acceptors (Lipinski definition) is 4. The summed E-state index contributed by atoms with van der Waals surface area (Å²) in [7, 11) is 1.62. The van der Waals surface area contributed by atoms with E-state index in [1.54, 1.807) is 37.5 Å². The van der Waals surface area contributed by atoms with E-state index in [1.807, 2.05) is 23.6 Å². The standard InChI is InChI=1S/C18H20N2O3S/c1-23-11-6-10-19-18(22)16(13-15-9-5-12-24-15)20-17(21)14-7-3-2-4-8-14/h2-5,7-9,12-13H,6,10-11H2,1H3,(H,19,22)(H,20,21). The van der Waals surface area contributed by atoms with Crippen LogP contribution in [0.5, 0.6) is 0 Å². The molecule has 1 heterocycles. The monoisotopic (exact) mass is 344 g/mol. The minimum atomic E-state index is -0.316. The van der Waals surface area contributed by atoms with Gasteiger partial charge >= 0.3 is 0 Å². The number of hydrogen-bond donors (Lipinski definition) is 2. The highest BCUT2D eigenvalue weighted by Crippen LogP contribution is 2.13. The van der Waals surface area contributed by atoms with Crippen molar-refractivity contribution in [3.8, 4) is 0 Å². The number of ether oxygens (including phenoxy) is 1. The summed E-state index contributed by atoms with van der Waals surface area (Å²) in [6, 6.07) is 12.6. The first-order valence-corrected chi connectivity index (χ1v) is 8.47. The molecule has 0 radical (unpaired) electrons. The van der Waals surface area contributed by atoms with Gasteiger partial charge in [-0.2, -0.15) is 0 Å². The minimum absolute atomic E-state index is 0.226. The Kier molecular flexibility index (Phi) is 7.20. The second-order valence-corrected chi connectivity index (χ2v) is 5.98. The van der Waals surface area contributed by atoms with E-state index < -0.39 is 0 Å². The van der Waals surface area contributed by atoms with Gasteiger partial charge in [0.15, 0.2) is 0 Å². The van der Waals surface area contributed by atoms with E-state index in [9.17, 15) is 9.59 Å². The molecule has 0 atom stereocenters. The topological polar surface area (TPSA) is 67.4 Å². The first kappa shape index (κ1) is 17.9. The summed E-state index contributed by atoms with van der Waals surface area (Å²) in [5.41, 5.74) is 0.727. The van der Waals surface area contributed by atoms with Crippen molar-refractivity contribution in [2.45, 2.75) is 6.42 Å². The lowest BCUT2D eigenvalue weighted by molar-refractivity contribution is -0.117. The highest BCUT2D eigenvalue weighted by Gasteiger charge is 2.14. The number of carbonyl (C=O) groups excluding carboxylic acids is 2. The van der Waals surface area contributed by atoms with Gasteiger partial charge in [-0.1, -0.05) is 24.3 Å². The molecule has 0 fully saturated rings. The zero-order valence-corrected chi connectivity index (χ0v) is 14.3. The second-order valence-electron chi connectivity index (χ2n) is 5.00. The predicted molar refractivity (Wildman–Crippen MR) is 95.7 cm³/mol. The van der Waals surface area contributed by atoms with Crippen molar-refractivity contribution in [3.05, 3.63) is 64.0 Å². The molecule has 24 heavy (non-hydrogen) atoms. The molecule has 5 nitrogen and oxygen atoms in total. The number of rotatable bonds is 8. The zero-order chi connectivity index (χ0) is 17.2. The van der Waals surface area contributed by atoms with Crippen molar-refractivity contribution >= 4 is 29.2 Å². The second kappa shape index (κ2) is 9.64. The maximum atomic E-state index is 12.4. The molecule has 1 aromatic heterocycles. The van der Waals surface area contributed by atoms with Gasteiger partial charge in [-0.3, -0.25) is 9.59 Å². The molecular weight excluding hydrogens is 324 g/mol. The predicted octanol–water partition coefficient (Wildman–Crippen LogP) is 2.67. The largest absolute Gasteiger partial charge is 0.385 e. The number of thiophene rings is 1. The first-order chi connectivity index (χ1) is 11.7. The SMILES string of the molecule is COCCCNC(=O)C(=Cc1cccs1)NC(=O)c1ccccc1. The highest BCUT2D eigenvalue weighted by atomic mass is 32.1. The molecule has 0 unspecified atom stereocenters. The molecule has 0 bridgehead atoms. The Balaban J connectivity index is 2.08. The van der Waals surface area contributed by atoms with Crippen molar-refractivity contribution in [2.75, 3.05) is 20.3 Å².